The topological polar surface area (TPSA) is 151 Å². The zero-order valence-corrected chi connectivity index (χ0v) is 32.2. The highest BCUT2D eigenvalue weighted by Crippen LogP contribution is 2.25. The van der Waals surface area contributed by atoms with Gasteiger partial charge in [-0.25, -0.2) is 9.97 Å². The molecule has 54 heavy (non-hydrogen) atoms. The molecular weight excluding hydrogens is 683 g/mol. The van der Waals surface area contributed by atoms with Crippen LogP contribution in [0.2, 0.25) is 0 Å². The Bertz CT molecular complexity index is 1830. The lowest BCUT2D eigenvalue weighted by atomic mass is 9.86. The lowest BCUT2D eigenvalue weighted by Gasteiger charge is -2.24. The molecule has 3 amide bonds. The highest BCUT2D eigenvalue weighted by Gasteiger charge is 2.30. The van der Waals surface area contributed by atoms with E-state index < -0.39 is 42.2 Å². The summed E-state index contributed by atoms with van der Waals surface area (Å²) in [4.78, 5) is 61.7. The number of carbonyl (C=O) groups is 4. The number of carboxylic acids is 1. The number of aliphatic carboxylic acids is 1. The number of aromatic nitrogens is 2. The van der Waals surface area contributed by atoms with Crippen molar-refractivity contribution in [3.8, 4) is 28.3 Å². The molecule has 2 unspecified atom stereocenters. The van der Waals surface area contributed by atoms with E-state index in [4.69, 9.17) is 4.74 Å². The molecule has 4 rings (SSSR count). The number of likely N-dealkylation sites (N-methyl/N-ethyl adjacent to an activating group) is 1. The number of nitrogens with zero attached hydrogens (tertiary/aromatic N) is 3. The molecule has 0 aliphatic carbocycles. The fourth-order valence-electron chi connectivity index (χ4n) is 5.82. The summed E-state index contributed by atoms with van der Waals surface area (Å²) in [5, 5.41) is 14.8. The molecule has 0 spiro atoms. The average Bonchev–Trinajstić information content (AvgIpc) is 3.15. The Kier molecular flexibility index (Phi) is 14.9. The van der Waals surface area contributed by atoms with Gasteiger partial charge in [-0.3, -0.25) is 19.2 Å². The van der Waals surface area contributed by atoms with Crippen molar-refractivity contribution < 1.29 is 29.0 Å². The predicted molar refractivity (Wildman–Crippen MR) is 210 cm³/mol. The number of carbonyl (C=O) groups excluding carboxylic acids is 3. The zero-order chi connectivity index (χ0) is 39.3. The molecule has 286 valence electrons. The number of ether oxygens (including phenoxy) is 1. The maximum atomic E-state index is 13.6. The number of hydrogen-bond acceptors (Lipinski definition) is 7. The molecule has 0 aliphatic heterocycles. The standard InChI is InChI=1S/C43H53N5O6/c1-7-8-9-10-11-24-54-35-22-18-30(19-23-35)33-27-44-39(45-28-33)31-14-12-29(13-15-31)25-36(41(52)47-37(26-38(49)50)42(53)48(5)6)46-40(51)32-16-20-34(21-17-32)43(2,3)4/h12-23,27-28,36-37H,7-11,24-26H2,1-6H3,(H,46,51)(H,47,52)(H,49,50). The van der Waals surface area contributed by atoms with E-state index in [1.807, 2.05) is 60.7 Å². The van der Waals surface area contributed by atoms with Gasteiger partial charge >= 0.3 is 5.97 Å². The summed E-state index contributed by atoms with van der Waals surface area (Å²) in [6.07, 6.45) is 8.96. The van der Waals surface area contributed by atoms with Crippen LogP contribution in [0.1, 0.15) is 87.7 Å². The first-order chi connectivity index (χ1) is 25.7. The fourth-order valence-corrected chi connectivity index (χ4v) is 5.82. The van der Waals surface area contributed by atoms with Crippen molar-refractivity contribution in [2.24, 2.45) is 0 Å². The molecule has 0 bridgehead atoms. The van der Waals surface area contributed by atoms with Gasteiger partial charge in [-0.15, -0.1) is 0 Å². The molecule has 4 aromatic rings. The van der Waals surface area contributed by atoms with Gasteiger partial charge in [-0.2, -0.15) is 0 Å². The van der Waals surface area contributed by atoms with Crippen molar-refractivity contribution >= 4 is 23.7 Å². The van der Waals surface area contributed by atoms with E-state index >= 15 is 0 Å². The Balaban J connectivity index is 1.46. The Morgan fingerprint density at radius 1 is 0.759 bits per heavy atom. The molecule has 11 heteroatoms. The van der Waals surface area contributed by atoms with E-state index in [1.165, 1.54) is 44.7 Å². The van der Waals surface area contributed by atoms with E-state index in [-0.39, 0.29) is 11.8 Å². The van der Waals surface area contributed by atoms with Crippen molar-refractivity contribution in [3.05, 3.63) is 102 Å². The van der Waals surface area contributed by atoms with Crippen LogP contribution in [0.25, 0.3) is 22.5 Å². The SMILES string of the molecule is CCCCCCCOc1ccc(-c2cnc(-c3ccc(CC(NC(=O)c4ccc(C(C)(C)C)cc4)C(=O)NC(CC(=O)O)C(=O)N(C)C)cc3)nc2)cc1. The van der Waals surface area contributed by atoms with Gasteiger partial charge in [0.2, 0.25) is 11.8 Å². The lowest BCUT2D eigenvalue weighted by molar-refractivity contribution is -0.143. The van der Waals surface area contributed by atoms with Gasteiger partial charge in [0, 0.05) is 49.6 Å². The molecule has 11 nitrogen and oxygen atoms in total. The number of rotatable bonds is 18. The third-order valence-electron chi connectivity index (χ3n) is 9.08. The Labute approximate surface area is 318 Å². The van der Waals surface area contributed by atoms with Crippen LogP contribution in [0.4, 0.5) is 0 Å². The molecule has 0 fully saturated rings. The summed E-state index contributed by atoms with van der Waals surface area (Å²) in [5.41, 5.74) is 4.62. The van der Waals surface area contributed by atoms with Crippen LogP contribution in [-0.4, -0.2) is 76.5 Å². The summed E-state index contributed by atoms with van der Waals surface area (Å²) in [6.45, 7) is 9.14. The second kappa shape index (κ2) is 19.5. The highest BCUT2D eigenvalue weighted by atomic mass is 16.5. The monoisotopic (exact) mass is 735 g/mol. The largest absolute Gasteiger partial charge is 0.494 e. The third-order valence-corrected chi connectivity index (χ3v) is 9.08. The predicted octanol–water partition coefficient (Wildman–Crippen LogP) is 6.85. The molecule has 0 radical (unpaired) electrons. The van der Waals surface area contributed by atoms with Gasteiger partial charge in [0.15, 0.2) is 5.82 Å². The zero-order valence-electron chi connectivity index (χ0n) is 32.2. The first-order valence-corrected chi connectivity index (χ1v) is 18.5. The van der Waals surface area contributed by atoms with Gasteiger partial charge in [0.05, 0.1) is 13.0 Å². The number of hydrogen-bond donors (Lipinski definition) is 3. The normalized spacial score (nSPS) is 12.3. The second-order valence-corrected chi connectivity index (χ2v) is 14.7. The smallest absolute Gasteiger partial charge is 0.305 e. The number of unbranched alkanes of at least 4 members (excludes halogenated alkanes) is 4. The van der Waals surface area contributed by atoms with E-state index in [0.717, 1.165) is 40.0 Å². The molecule has 0 saturated carbocycles. The van der Waals surface area contributed by atoms with Gasteiger partial charge < -0.3 is 25.4 Å². The third kappa shape index (κ3) is 12.2. The molecular formula is C43H53N5O6. The summed E-state index contributed by atoms with van der Waals surface area (Å²) >= 11 is 0. The molecule has 3 aromatic carbocycles. The number of nitrogens with one attached hydrogen (secondary N) is 2. The van der Waals surface area contributed by atoms with E-state index in [1.54, 1.807) is 24.5 Å². The minimum absolute atomic E-state index is 0.0756. The first kappa shape index (κ1) is 41.2. The van der Waals surface area contributed by atoms with Gasteiger partial charge in [-0.1, -0.05) is 102 Å². The van der Waals surface area contributed by atoms with Crippen molar-refractivity contribution in [1.29, 1.82) is 0 Å². The van der Waals surface area contributed by atoms with Crippen molar-refractivity contribution in [1.82, 2.24) is 25.5 Å². The maximum absolute atomic E-state index is 13.6. The van der Waals surface area contributed by atoms with E-state index in [0.29, 0.717) is 18.0 Å². The highest BCUT2D eigenvalue weighted by molar-refractivity contribution is 5.99. The van der Waals surface area contributed by atoms with E-state index in [2.05, 4.69) is 48.3 Å². The molecule has 2 atom stereocenters. The van der Waals surface area contributed by atoms with Crippen LogP contribution in [-0.2, 0) is 26.2 Å². The van der Waals surface area contributed by atoms with Gasteiger partial charge in [-0.05, 0) is 52.8 Å². The summed E-state index contributed by atoms with van der Waals surface area (Å²) in [7, 11) is 2.96. The van der Waals surface area contributed by atoms with Crippen LogP contribution in [0, 0.1) is 0 Å². The number of benzene rings is 3. The van der Waals surface area contributed by atoms with Crippen molar-refractivity contribution in [3.63, 3.8) is 0 Å². The van der Waals surface area contributed by atoms with Crippen molar-refractivity contribution in [2.75, 3.05) is 20.7 Å². The molecule has 0 saturated heterocycles. The van der Waals surface area contributed by atoms with Crippen LogP contribution in [0.5, 0.6) is 5.75 Å². The van der Waals surface area contributed by atoms with Crippen LogP contribution < -0.4 is 15.4 Å². The van der Waals surface area contributed by atoms with Crippen LogP contribution >= 0.6 is 0 Å². The maximum Gasteiger partial charge on any atom is 0.305 e. The van der Waals surface area contributed by atoms with Crippen LogP contribution in [0.15, 0.2) is 85.2 Å². The van der Waals surface area contributed by atoms with E-state index in [9.17, 15) is 24.3 Å². The summed E-state index contributed by atoms with van der Waals surface area (Å²) in [5.74, 6) is -1.61. The molecule has 1 aromatic heterocycles. The fraction of sp³-hybridized carbons (Fsp3) is 0.395. The average molecular weight is 736 g/mol. The Morgan fingerprint density at radius 2 is 1.37 bits per heavy atom. The molecule has 3 N–H and O–H groups in total. The van der Waals surface area contributed by atoms with Crippen LogP contribution in [0.3, 0.4) is 0 Å². The second-order valence-electron chi connectivity index (χ2n) is 14.7. The number of amides is 3. The first-order valence-electron chi connectivity index (χ1n) is 18.5. The Hall–Kier alpha value is -5.58. The molecule has 1 heterocycles. The summed E-state index contributed by atoms with van der Waals surface area (Å²) < 4.78 is 5.89. The van der Waals surface area contributed by atoms with Gasteiger partial charge in [0.1, 0.15) is 17.8 Å². The minimum Gasteiger partial charge on any atom is -0.494 e. The van der Waals surface area contributed by atoms with Gasteiger partial charge in [0.25, 0.3) is 5.91 Å². The quantitative estimate of drug-likeness (QED) is 0.0940. The lowest BCUT2D eigenvalue weighted by Crippen LogP contribution is -2.54. The number of carboxylic acid groups (broad SMARTS) is 1. The Morgan fingerprint density at radius 3 is 1.94 bits per heavy atom. The van der Waals surface area contributed by atoms with Crippen molar-refractivity contribution in [2.45, 2.75) is 90.1 Å². The summed E-state index contributed by atoms with van der Waals surface area (Å²) in [6, 6.07) is 19.9. The molecule has 0 aliphatic rings. The minimum atomic E-state index is -1.31.